The Balaban J connectivity index is 1.47. The van der Waals surface area contributed by atoms with Crippen molar-refractivity contribution >= 4 is 33.3 Å². The monoisotopic (exact) mass is 429 g/mol. The fraction of sp³-hybridized carbons (Fsp3) is 0.240. The number of nitrogens with zero attached hydrogens (tertiary/aromatic N) is 3. The number of aromatic nitrogens is 1. The molecule has 0 saturated carbocycles. The molecular weight excluding hydrogens is 406 g/mol. The van der Waals surface area contributed by atoms with Crippen molar-refractivity contribution in [3.63, 3.8) is 0 Å². The summed E-state index contributed by atoms with van der Waals surface area (Å²) in [5.74, 6) is 0.831. The largest absolute Gasteiger partial charge is 0.496 e. The van der Waals surface area contributed by atoms with Gasteiger partial charge >= 0.3 is 0 Å². The van der Waals surface area contributed by atoms with Crippen molar-refractivity contribution in [3.05, 3.63) is 82.5 Å². The maximum absolute atomic E-state index is 13.4. The van der Waals surface area contributed by atoms with E-state index in [-0.39, 0.29) is 29.1 Å². The lowest BCUT2D eigenvalue weighted by atomic mass is 9.96. The zero-order valence-electron chi connectivity index (χ0n) is 17.7. The first-order valence-electron chi connectivity index (χ1n) is 10.7. The molecule has 1 aromatic heterocycles. The fourth-order valence-corrected chi connectivity index (χ4v) is 4.89. The van der Waals surface area contributed by atoms with E-state index in [1.54, 1.807) is 30.0 Å². The number of nitro benzene ring substituents is 1. The number of hydrogen-bond donors (Lipinski definition) is 0. The smallest absolute Gasteiger partial charge is 0.278 e. The summed E-state index contributed by atoms with van der Waals surface area (Å²) in [6, 6.07) is 18.8. The third-order valence-corrected chi connectivity index (χ3v) is 6.36. The van der Waals surface area contributed by atoms with Crippen LogP contribution >= 0.6 is 0 Å². The summed E-state index contributed by atoms with van der Waals surface area (Å²) in [4.78, 5) is 26.2. The maximum atomic E-state index is 13.4. The van der Waals surface area contributed by atoms with Gasteiger partial charge in [0.15, 0.2) is 0 Å². The van der Waals surface area contributed by atoms with Crippen LogP contribution in [0.3, 0.4) is 0 Å². The zero-order valence-corrected chi connectivity index (χ0v) is 17.7. The Morgan fingerprint density at radius 1 is 1.06 bits per heavy atom. The van der Waals surface area contributed by atoms with Crippen LogP contribution in [0.5, 0.6) is 5.75 Å². The summed E-state index contributed by atoms with van der Waals surface area (Å²) in [6.07, 6.45) is 3.60. The van der Waals surface area contributed by atoms with Gasteiger partial charge in [-0.25, -0.2) is 0 Å². The van der Waals surface area contributed by atoms with E-state index in [1.165, 1.54) is 6.07 Å². The number of likely N-dealkylation sites (tertiary alicyclic amines) is 1. The van der Waals surface area contributed by atoms with Crippen LogP contribution in [-0.4, -0.2) is 34.0 Å². The highest BCUT2D eigenvalue weighted by Gasteiger charge is 2.31. The standard InChI is InChI=1S/C25H23N3O4/c1-32-24-12-11-18(17-6-2-3-7-19(17)24)22-10-5-14-27(22)25(29)16-26-15-13-20-21(26)8-4-9-23(20)28(30)31/h2-4,6-9,11-13,15,22H,5,10,14,16H2,1H3/t22-/m1/s1. The van der Waals surface area contributed by atoms with Crippen LogP contribution in [0.25, 0.3) is 21.7 Å². The van der Waals surface area contributed by atoms with Gasteiger partial charge < -0.3 is 14.2 Å². The molecule has 1 aliphatic rings. The third kappa shape index (κ3) is 3.26. The van der Waals surface area contributed by atoms with E-state index in [4.69, 9.17) is 4.74 Å². The van der Waals surface area contributed by atoms with Crippen LogP contribution in [0.2, 0.25) is 0 Å². The fourth-order valence-electron chi connectivity index (χ4n) is 4.89. The second-order valence-electron chi connectivity index (χ2n) is 8.06. The molecule has 7 nitrogen and oxygen atoms in total. The number of fused-ring (bicyclic) bond motifs is 2. The number of methoxy groups -OCH3 is 1. The van der Waals surface area contributed by atoms with Crippen LogP contribution in [0.1, 0.15) is 24.4 Å². The topological polar surface area (TPSA) is 77.6 Å². The Bertz CT molecular complexity index is 1340. The highest BCUT2D eigenvalue weighted by molar-refractivity contribution is 5.92. The van der Waals surface area contributed by atoms with Gasteiger partial charge in [-0.05, 0) is 42.0 Å². The lowest BCUT2D eigenvalue weighted by Gasteiger charge is -2.27. The van der Waals surface area contributed by atoms with Gasteiger partial charge in [0.05, 0.1) is 29.0 Å². The molecule has 162 valence electrons. The van der Waals surface area contributed by atoms with E-state index in [0.29, 0.717) is 17.4 Å². The van der Waals surface area contributed by atoms with Gasteiger partial charge in [0.1, 0.15) is 12.3 Å². The van der Waals surface area contributed by atoms with Crippen molar-refractivity contribution in [1.29, 1.82) is 0 Å². The van der Waals surface area contributed by atoms with Gasteiger partial charge in [-0.1, -0.05) is 36.4 Å². The number of non-ortho nitro benzene ring substituents is 1. The van der Waals surface area contributed by atoms with Gasteiger partial charge in [0.25, 0.3) is 5.69 Å². The first-order chi connectivity index (χ1) is 15.6. The van der Waals surface area contributed by atoms with Crippen molar-refractivity contribution in [2.24, 2.45) is 0 Å². The highest BCUT2D eigenvalue weighted by atomic mass is 16.6. The number of hydrogen-bond acceptors (Lipinski definition) is 4. The minimum Gasteiger partial charge on any atom is -0.496 e. The van der Waals surface area contributed by atoms with Crippen molar-refractivity contribution in [1.82, 2.24) is 9.47 Å². The molecule has 1 amide bonds. The number of carbonyl (C=O) groups is 1. The highest BCUT2D eigenvalue weighted by Crippen LogP contribution is 2.39. The van der Waals surface area contributed by atoms with Gasteiger partial charge in [-0.2, -0.15) is 0 Å². The normalized spacial score (nSPS) is 16.0. The van der Waals surface area contributed by atoms with E-state index < -0.39 is 0 Å². The van der Waals surface area contributed by atoms with Crippen LogP contribution in [0.4, 0.5) is 5.69 Å². The number of carbonyl (C=O) groups excluding carboxylic acids is 1. The summed E-state index contributed by atoms with van der Waals surface area (Å²) in [7, 11) is 1.67. The van der Waals surface area contributed by atoms with Crippen molar-refractivity contribution in [2.45, 2.75) is 25.4 Å². The Morgan fingerprint density at radius 2 is 1.88 bits per heavy atom. The molecule has 0 radical (unpaired) electrons. The number of benzene rings is 3. The summed E-state index contributed by atoms with van der Waals surface area (Å²) in [5.41, 5.74) is 1.87. The van der Waals surface area contributed by atoms with Crippen LogP contribution in [-0.2, 0) is 11.3 Å². The molecule has 0 spiro atoms. The minimum atomic E-state index is -0.389. The molecule has 0 N–H and O–H groups in total. The summed E-state index contributed by atoms with van der Waals surface area (Å²) in [5, 5.41) is 14.0. The van der Waals surface area contributed by atoms with Crippen molar-refractivity contribution in [2.75, 3.05) is 13.7 Å². The molecule has 0 bridgehead atoms. The van der Waals surface area contributed by atoms with Crippen LogP contribution in [0.15, 0.2) is 66.9 Å². The van der Waals surface area contributed by atoms with Gasteiger partial charge in [-0.15, -0.1) is 0 Å². The molecule has 1 saturated heterocycles. The number of rotatable bonds is 5. The Labute approximate surface area is 185 Å². The number of amides is 1. The average molecular weight is 429 g/mol. The Morgan fingerprint density at radius 3 is 2.66 bits per heavy atom. The Kier molecular flexibility index (Phi) is 5.01. The molecule has 4 aromatic rings. The molecule has 3 aromatic carbocycles. The SMILES string of the molecule is COc1ccc([C@H]2CCCN2C(=O)Cn2ccc3c([N+](=O)[O-])cccc32)c2ccccc12. The van der Waals surface area contributed by atoms with Gasteiger partial charge in [0, 0.05) is 24.2 Å². The third-order valence-electron chi connectivity index (χ3n) is 6.36. The molecule has 7 heteroatoms. The molecule has 1 fully saturated rings. The van der Waals surface area contributed by atoms with Gasteiger partial charge in [0.2, 0.25) is 5.91 Å². The van der Waals surface area contributed by atoms with E-state index in [0.717, 1.165) is 34.9 Å². The summed E-state index contributed by atoms with van der Waals surface area (Å²) >= 11 is 0. The summed E-state index contributed by atoms with van der Waals surface area (Å²) < 4.78 is 7.32. The van der Waals surface area contributed by atoms with Crippen LogP contribution in [0, 0.1) is 10.1 Å². The minimum absolute atomic E-state index is 0.00512. The van der Waals surface area contributed by atoms with Crippen molar-refractivity contribution < 1.29 is 14.5 Å². The lowest BCUT2D eigenvalue weighted by molar-refractivity contribution is -0.383. The second-order valence-corrected chi connectivity index (χ2v) is 8.06. The molecule has 1 aliphatic heterocycles. The molecule has 32 heavy (non-hydrogen) atoms. The number of ether oxygens (including phenoxy) is 1. The second kappa shape index (κ2) is 8.00. The van der Waals surface area contributed by atoms with Gasteiger partial charge in [-0.3, -0.25) is 14.9 Å². The van der Waals surface area contributed by atoms with E-state index >= 15 is 0 Å². The molecule has 1 atom stereocenters. The first-order valence-corrected chi connectivity index (χ1v) is 10.7. The number of nitro groups is 1. The van der Waals surface area contributed by atoms with E-state index in [1.807, 2.05) is 35.2 Å². The van der Waals surface area contributed by atoms with E-state index in [2.05, 4.69) is 12.1 Å². The lowest BCUT2D eigenvalue weighted by Crippen LogP contribution is -2.33. The van der Waals surface area contributed by atoms with E-state index in [9.17, 15) is 14.9 Å². The predicted molar refractivity (Wildman–Crippen MR) is 123 cm³/mol. The molecule has 2 heterocycles. The molecule has 0 aliphatic carbocycles. The predicted octanol–water partition coefficient (Wildman–Crippen LogP) is 5.08. The van der Waals surface area contributed by atoms with Crippen LogP contribution < -0.4 is 4.74 Å². The zero-order chi connectivity index (χ0) is 22.2. The first kappa shape index (κ1) is 20.1. The molecule has 5 rings (SSSR count). The quantitative estimate of drug-likeness (QED) is 0.328. The Hall–Kier alpha value is -3.87. The molecule has 0 unspecified atom stereocenters. The van der Waals surface area contributed by atoms with Crippen molar-refractivity contribution in [3.8, 4) is 5.75 Å². The average Bonchev–Trinajstić information content (AvgIpc) is 3.45. The summed E-state index contributed by atoms with van der Waals surface area (Å²) in [6.45, 7) is 0.846. The molecular formula is C25H23N3O4. The maximum Gasteiger partial charge on any atom is 0.278 e.